The SMILES string of the molecule is C=C/C=N\C=C(/C)N1CC[C@]2(Cc3ccc(C(=O)OC)cc3C2)C1=O. The number of fused-ring (bicyclic) bond motifs is 1. The lowest BCUT2D eigenvalue weighted by Crippen LogP contribution is -2.34. The van der Waals surface area contributed by atoms with Crippen molar-refractivity contribution in [1.29, 1.82) is 0 Å². The Balaban J connectivity index is 1.81. The molecule has 1 aliphatic heterocycles. The number of esters is 1. The summed E-state index contributed by atoms with van der Waals surface area (Å²) in [5.41, 5.74) is 3.20. The van der Waals surface area contributed by atoms with Crippen molar-refractivity contribution in [3.63, 3.8) is 0 Å². The van der Waals surface area contributed by atoms with Crippen molar-refractivity contribution in [3.05, 3.63) is 59.4 Å². The number of carbonyl (C=O) groups excluding carboxylic acids is 2. The third-order valence-corrected chi connectivity index (χ3v) is 5.08. The van der Waals surface area contributed by atoms with E-state index in [0.29, 0.717) is 18.5 Å². The number of benzene rings is 1. The van der Waals surface area contributed by atoms with Crippen molar-refractivity contribution in [1.82, 2.24) is 4.90 Å². The molecule has 1 spiro atoms. The lowest BCUT2D eigenvalue weighted by Gasteiger charge is -2.22. The monoisotopic (exact) mass is 338 g/mol. The van der Waals surface area contributed by atoms with Crippen LogP contribution in [0.25, 0.3) is 0 Å². The normalized spacial score (nSPS) is 22.7. The first-order valence-corrected chi connectivity index (χ1v) is 8.34. The molecule has 0 unspecified atom stereocenters. The molecule has 0 N–H and O–H groups in total. The number of nitrogens with zero attached hydrogens (tertiary/aromatic N) is 2. The van der Waals surface area contributed by atoms with E-state index in [0.717, 1.165) is 29.7 Å². The molecule has 5 nitrogen and oxygen atoms in total. The molecule has 0 radical (unpaired) electrons. The highest BCUT2D eigenvalue weighted by molar-refractivity contribution is 5.91. The first-order chi connectivity index (χ1) is 12.0. The Morgan fingerprint density at radius 2 is 2.12 bits per heavy atom. The summed E-state index contributed by atoms with van der Waals surface area (Å²) in [5.74, 6) is -0.201. The van der Waals surface area contributed by atoms with Gasteiger partial charge in [-0.05, 0) is 49.4 Å². The molecular weight excluding hydrogens is 316 g/mol. The Hall–Kier alpha value is -2.69. The van der Waals surface area contributed by atoms with E-state index < -0.39 is 5.41 Å². The maximum absolute atomic E-state index is 13.1. The minimum atomic E-state index is -0.395. The third kappa shape index (κ3) is 3.02. The first kappa shape index (κ1) is 17.1. The van der Waals surface area contributed by atoms with Gasteiger partial charge in [0.15, 0.2) is 0 Å². The van der Waals surface area contributed by atoms with Crippen molar-refractivity contribution < 1.29 is 14.3 Å². The van der Waals surface area contributed by atoms with E-state index in [2.05, 4.69) is 11.6 Å². The molecule has 1 fully saturated rings. The molecule has 1 atom stereocenters. The minimum Gasteiger partial charge on any atom is -0.465 e. The molecule has 3 rings (SSSR count). The fourth-order valence-corrected chi connectivity index (χ4v) is 3.77. The molecule has 0 aromatic heterocycles. The van der Waals surface area contributed by atoms with Gasteiger partial charge in [0.2, 0.25) is 5.91 Å². The van der Waals surface area contributed by atoms with Crippen LogP contribution in [0.2, 0.25) is 0 Å². The lowest BCUT2D eigenvalue weighted by atomic mass is 9.83. The van der Waals surface area contributed by atoms with Crippen LogP contribution in [0.15, 0.2) is 47.7 Å². The summed E-state index contributed by atoms with van der Waals surface area (Å²) in [4.78, 5) is 30.7. The number of carbonyl (C=O) groups is 2. The summed E-state index contributed by atoms with van der Waals surface area (Å²) >= 11 is 0. The van der Waals surface area contributed by atoms with E-state index in [1.165, 1.54) is 7.11 Å². The zero-order valence-corrected chi connectivity index (χ0v) is 14.6. The Morgan fingerprint density at radius 3 is 2.84 bits per heavy atom. The number of ether oxygens (including phenoxy) is 1. The molecule has 0 saturated carbocycles. The number of allylic oxidation sites excluding steroid dienone is 2. The molecule has 25 heavy (non-hydrogen) atoms. The minimum absolute atomic E-state index is 0.144. The third-order valence-electron chi connectivity index (χ3n) is 5.08. The van der Waals surface area contributed by atoms with Gasteiger partial charge in [-0.25, -0.2) is 4.79 Å². The second kappa shape index (κ2) is 6.67. The van der Waals surface area contributed by atoms with Crippen LogP contribution in [0.3, 0.4) is 0 Å². The van der Waals surface area contributed by atoms with Crippen LogP contribution < -0.4 is 0 Å². The topological polar surface area (TPSA) is 59.0 Å². The fraction of sp³-hybridized carbons (Fsp3) is 0.350. The average Bonchev–Trinajstić information content (AvgIpc) is 3.14. The van der Waals surface area contributed by atoms with Gasteiger partial charge in [-0.2, -0.15) is 0 Å². The highest BCUT2D eigenvalue weighted by Crippen LogP contribution is 2.45. The van der Waals surface area contributed by atoms with Gasteiger partial charge < -0.3 is 9.64 Å². The summed E-state index contributed by atoms with van der Waals surface area (Å²) in [5, 5.41) is 0. The van der Waals surface area contributed by atoms with Crippen LogP contribution in [-0.4, -0.2) is 36.6 Å². The van der Waals surface area contributed by atoms with Gasteiger partial charge in [0.1, 0.15) is 0 Å². The highest BCUT2D eigenvalue weighted by atomic mass is 16.5. The van der Waals surface area contributed by atoms with Crippen molar-refractivity contribution >= 4 is 18.1 Å². The van der Waals surface area contributed by atoms with Crippen LogP contribution in [0, 0.1) is 5.41 Å². The van der Waals surface area contributed by atoms with Gasteiger partial charge in [0.25, 0.3) is 0 Å². The average molecular weight is 338 g/mol. The summed E-state index contributed by atoms with van der Waals surface area (Å²) < 4.78 is 4.79. The lowest BCUT2D eigenvalue weighted by molar-refractivity contribution is -0.134. The van der Waals surface area contributed by atoms with Crippen molar-refractivity contribution in [2.75, 3.05) is 13.7 Å². The van der Waals surface area contributed by atoms with Gasteiger partial charge in [-0.15, -0.1) is 0 Å². The fourth-order valence-electron chi connectivity index (χ4n) is 3.77. The highest BCUT2D eigenvalue weighted by Gasteiger charge is 2.50. The molecule has 1 saturated heterocycles. The van der Waals surface area contributed by atoms with Crippen LogP contribution in [-0.2, 0) is 22.4 Å². The number of rotatable bonds is 4. The molecular formula is C20H22N2O3. The predicted octanol–water partition coefficient (Wildman–Crippen LogP) is 2.91. The molecule has 2 aliphatic rings. The van der Waals surface area contributed by atoms with E-state index in [4.69, 9.17) is 4.74 Å². The standard InChI is InChI=1S/C20H22N2O3/c1-4-8-21-13-14(2)22-9-7-20(19(22)24)11-16-6-5-15(18(23)25-3)10-17(16)12-20/h4-6,8,10,13H,1,7,9,11-12H2,2-3H3/b14-13+,21-8-/t20-/m1/s1. The van der Waals surface area contributed by atoms with Gasteiger partial charge in [0.05, 0.1) is 18.1 Å². The van der Waals surface area contributed by atoms with Gasteiger partial charge in [-0.1, -0.05) is 18.7 Å². The number of methoxy groups -OCH3 is 1. The van der Waals surface area contributed by atoms with Crippen molar-refractivity contribution in [2.24, 2.45) is 10.4 Å². The van der Waals surface area contributed by atoms with E-state index in [-0.39, 0.29) is 11.9 Å². The molecule has 1 amide bonds. The molecule has 5 heteroatoms. The second-order valence-electron chi connectivity index (χ2n) is 6.62. The number of amides is 1. The molecule has 1 aliphatic carbocycles. The molecule has 130 valence electrons. The van der Waals surface area contributed by atoms with Crippen LogP contribution in [0.4, 0.5) is 0 Å². The van der Waals surface area contributed by atoms with Crippen molar-refractivity contribution in [2.45, 2.75) is 26.2 Å². The number of hydrogen-bond donors (Lipinski definition) is 0. The Bertz CT molecular complexity index is 794. The number of hydrogen-bond acceptors (Lipinski definition) is 4. The zero-order chi connectivity index (χ0) is 18.0. The largest absolute Gasteiger partial charge is 0.465 e. The Labute approximate surface area is 147 Å². The summed E-state index contributed by atoms with van der Waals surface area (Å²) in [6.45, 7) is 6.18. The summed E-state index contributed by atoms with van der Waals surface area (Å²) in [7, 11) is 1.37. The van der Waals surface area contributed by atoms with Gasteiger partial charge in [-0.3, -0.25) is 9.79 Å². The van der Waals surface area contributed by atoms with E-state index in [1.54, 1.807) is 24.6 Å². The first-order valence-electron chi connectivity index (χ1n) is 8.34. The molecule has 1 aromatic rings. The van der Waals surface area contributed by atoms with Gasteiger partial charge in [0, 0.05) is 24.7 Å². The maximum Gasteiger partial charge on any atom is 0.337 e. The number of aliphatic imine (C=N–C) groups is 1. The molecule has 1 aromatic carbocycles. The summed E-state index contributed by atoms with van der Waals surface area (Å²) in [6, 6.07) is 5.59. The van der Waals surface area contributed by atoms with Crippen molar-refractivity contribution in [3.8, 4) is 0 Å². The maximum atomic E-state index is 13.1. The quantitative estimate of drug-likeness (QED) is 0.626. The smallest absolute Gasteiger partial charge is 0.337 e. The Kier molecular flexibility index (Phi) is 4.57. The zero-order valence-electron chi connectivity index (χ0n) is 14.6. The van der Waals surface area contributed by atoms with Crippen LogP contribution >= 0.6 is 0 Å². The number of likely N-dealkylation sites (tertiary alicyclic amines) is 1. The summed E-state index contributed by atoms with van der Waals surface area (Å²) in [6.07, 6.45) is 7.09. The van der Waals surface area contributed by atoms with Crippen LogP contribution in [0.1, 0.15) is 34.8 Å². The molecule has 0 bridgehead atoms. The van der Waals surface area contributed by atoms with Crippen LogP contribution in [0.5, 0.6) is 0 Å². The second-order valence-corrected chi connectivity index (χ2v) is 6.62. The Morgan fingerprint density at radius 1 is 1.36 bits per heavy atom. The van der Waals surface area contributed by atoms with E-state index in [1.807, 2.05) is 24.0 Å². The molecule has 1 heterocycles. The van der Waals surface area contributed by atoms with E-state index >= 15 is 0 Å². The predicted molar refractivity (Wildman–Crippen MR) is 96.4 cm³/mol. The van der Waals surface area contributed by atoms with Gasteiger partial charge >= 0.3 is 5.97 Å². The van der Waals surface area contributed by atoms with E-state index in [9.17, 15) is 9.59 Å².